The van der Waals surface area contributed by atoms with E-state index in [1.165, 1.54) is 16.7 Å². The van der Waals surface area contributed by atoms with Crippen LogP contribution < -0.4 is 10.1 Å². The van der Waals surface area contributed by atoms with E-state index >= 15 is 0 Å². The second kappa shape index (κ2) is 5.68. The van der Waals surface area contributed by atoms with Gasteiger partial charge in [-0.2, -0.15) is 0 Å². The summed E-state index contributed by atoms with van der Waals surface area (Å²) in [6.45, 7) is 6.07. The Bertz CT molecular complexity index is 591. The summed E-state index contributed by atoms with van der Waals surface area (Å²) in [6.07, 6.45) is 0.197. The minimum atomic E-state index is 0.197. The largest absolute Gasteiger partial charge is 0.491 e. The van der Waals surface area contributed by atoms with E-state index in [2.05, 4.69) is 61.6 Å². The Morgan fingerprint density at radius 1 is 1.00 bits per heavy atom. The Morgan fingerprint density at radius 3 is 2.50 bits per heavy atom. The monoisotopic (exact) mass is 267 g/mol. The van der Waals surface area contributed by atoms with E-state index in [1.54, 1.807) is 0 Å². The number of hydrogen-bond acceptors (Lipinski definition) is 2. The van der Waals surface area contributed by atoms with Crippen molar-refractivity contribution in [2.24, 2.45) is 0 Å². The number of fused-ring (bicyclic) bond motifs is 1. The number of benzene rings is 2. The van der Waals surface area contributed by atoms with Crippen molar-refractivity contribution >= 4 is 0 Å². The topological polar surface area (TPSA) is 21.3 Å². The van der Waals surface area contributed by atoms with Crippen molar-refractivity contribution in [1.29, 1.82) is 0 Å². The minimum absolute atomic E-state index is 0.197. The molecule has 104 valence electrons. The Balaban J connectivity index is 2.02. The first-order chi connectivity index (χ1) is 9.75. The molecule has 1 heterocycles. The molecule has 1 unspecified atom stereocenters. The van der Waals surface area contributed by atoms with Gasteiger partial charge in [0.2, 0.25) is 0 Å². The van der Waals surface area contributed by atoms with Crippen LogP contribution in [0.25, 0.3) is 0 Å². The zero-order valence-electron chi connectivity index (χ0n) is 12.1. The van der Waals surface area contributed by atoms with Crippen LogP contribution >= 0.6 is 0 Å². The molecule has 0 saturated heterocycles. The normalized spacial score (nSPS) is 17.9. The van der Waals surface area contributed by atoms with Crippen molar-refractivity contribution in [2.75, 3.05) is 6.54 Å². The first-order valence-electron chi connectivity index (χ1n) is 7.30. The van der Waals surface area contributed by atoms with Gasteiger partial charge < -0.3 is 10.1 Å². The van der Waals surface area contributed by atoms with E-state index in [9.17, 15) is 0 Å². The minimum Gasteiger partial charge on any atom is -0.491 e. The van der Waals surface area contributed by atoms with Crippen LogP contribution in [0, 0.1) is 0 Å². The predicted octanol–water partition coefficient (Wildman–Crippen LogP) is 3.71. The lowest BCUT2D eigenvalue weighted by Crippen LogP contribution is -2.29. The second-order valence-electron chi connectivity index (χ2n) is 5.59. The fourth-order valence-electron chi connectivity index (χ4n) is 2.90. The van der Waals surface area contributed by atoms with Crippen molar-refractivity contribution in [2.45, 2.75) is 32.4 Å². The lowest BCUT2D eigenvalue weighted by atomic mass is 9.85. The first-order valence-corrected chi connectivity index (χ1v) is 7.30. The molecule has 3 rings (SSSR count). The summed E-state index contributed by atoms with van der Waals surface area (Å²) < 4.78 is 5.99. The quantitative estimate of drug-likeness (QED) is 0.915. The maximum Gasteiger partial charge on any atom is 0.123 e. The first kappa shape index (κ1) is 13.2. The van der Waals surface area contributed by atoms with E-state index in [0.717, 1.165) is 18.8 Å². The van der Waals surface area contributed by atoms with E-state index in [1.807, 2.05) is 6.07 Å². The molecular formula is C18H21NO. The van der Waals surface area contributed by atoms with Gasteiger partial charge in [-0.25, -0.2) is 0 Å². The SMILES string of the molecule is CC(C)Oc1ccccc1C1CNCc2ccccc21. The predicted molar refractivity (Wildman–Crippen MR) is 82.2 cm³/mol. The van der Waals surface area contributed by atoms with Crippen LogP contribution in [0.4, 0.5) is 0 Å². The molecule has 2 aromatic rings. The Kier molecular flexibility index (Phi) is 3.75. The van der Waals surface area contributed by atoms with Crippen LogP contribution in [-0.4, -0.2) is 12.6 Å². The number of ether oxygens (including phenoxy) is 1. The molecule has 1 aliphatic rings. The van der Waals surface area contributed by atoms with Gasteiger partial charge in [0.1, 0.15) is 5.75 Å². The summed E-state index contributed by atoms with van der Waals surface area (Å²) >= 11 is 0. The highest BCUT2D eigenvalue weighted by Crippen LogP contribution is 2.35. The molecule has 0 amide bonds. The van der Waals surface area contributed by atoms with Crippen LogP contribution in [0.5, 0.6) is 5.75 Å². The summed E-state index contributed by atoms with van der Waals surface area (Å²) in [5.74, 6) is 1.38. The molecule has 1 atom stereocenters. The smallest absolute Gasteiger partial charge is 0.123 e. The molecule has 0 bridgehead atoms. The molecule has 2 heteroatoms. The summed E-state index contributed by atoms with van der Waals surface area (Å²) in [5, 5.41) is 3.51. The van der Waals surface area contributed by atoms with E-state index in [-0.39, 0.29) is 6.10 Å². The zero-order valence-corrected chi connectivity index (χ0v) is 12.1. The number of hydrogen-bond donors (Lipinski definition) is 1. The molecule has 0 fully saturated rings. The fraction of sp³-hybridized carbons (Fsp3) is 0.333. The highest BCUT2D eigenvalue weighted by Gasteiger charge is 2.23. The van der Waals surface area contributed by atoms with E-state index < -0.39 is 0 Å². The van der Waals surface area contributed by atoms with Crippen LogP contribution in [0.15, 0.2) is 48.5 Å². The molecular weight excluding hydrogens is 246 g/mol. The van der Waals surface area contributed by atoms with Gasteiger partial charge in [0.05, 0.1) is 6.10 Å². The summed E-state index contributed by atoms with van der Waals surface area (Å²) in [7, 11) is 0. The number of nitrogens with one attached hydrogen (secondary N) is 1. The highest BCUT2D eigenvalue weighted by molar-refractivity contribution is 5.46. The molecule has 0 radical (unpaired) electrons. The van der Waals surface area contributed by atoms with Gasteiger partial charge in [-0.15, -0.1) is 0 Å². The zero-order chi connectivity index (χ0) is 13.9. The lowest BCUT2D eigenvalue weighted by Gasteiger charge is -2.28. The molecule has 0 spiro atoms. The second-order valence-corrected chi connectivity index (χ2v) is 5.59. The third-order valence-corrected chi connectivity index (χ3v) is 3.75. The third-order valence-electron chi connectivity index (χ3n) is 3.75. The Hall–Kier alpha value is -1.80. The Morgan fingerprint density at radius 2 is 1.70 bits per heavy atom. The van der Waals surface area contributed by atoms with Crippen molar-refractivity contribution in [1.82, 2.24) is 5.32 Å². The van der Waals surface area contributed by atoms with Gasteiger partial charge in [-0.3, -0.25) is 0 Å². The number of para-hydroxylation sites is 1. The van der Waals surface area contributed by atoms with Gasteiger partial charge in [-0.05, 0) is 31.0 Å². The van der Waals surface area contributed by atoms with Gasteiger partial charge in [0.15, 0.2) is 0 Å². The standard InChI is InChI=1S/C18H21NO/c1-13(2)20-18-10-6-5-9-16(18)17-12-19-11-14-7-3-4-8-15(14)17/h3-10,13,17,19H,11-12H2,1-2H3. The van der Waals surface area contributed by atoms with Crippen LogP contribution in [-0.2, 0) is 6.54 Å². The van der Waals surface area contributed by atoms with Gasteiger partial charge in [0.25, 0.3) is 0 Å². The molecule has 0 saturated carbocycles. The molecule has 1 aliphatic heterocycles. The lowest BCUT2D eigenvalue weighted by molar-refractivity contribution is 0.239. The van der Waals surface area contributed by atoms with Crippen molar-refractivity contribution in [3.63, 3.8) is 0 Å². The summed E-state index contributed by atoms with van der Waals surface area (Å²) in [4.78, 5) is 0. The summed E-state index contributed by atoms with van der Waals surface area (Å²) in [5.41, 5.74) is 4.09. The average Bonchev–Trinajstić information content (AvgIpc) is 2.47. The Labute approximate surface area is 120 Å². The van der Waals surface area contributed by atoms with E-state index in [0.29, 0.717) is 5.92 Å². The number of rotatable bonds is 3. The maximum absolute atomic E-state index is 5.99. The molecule has 20 heavy (non-hydrogen) atoms. The summed E-state index contributed by atoms with van der Waals surface area (Å²) in [6, 6.07) is 17.1. The van der Waals surface area contributed by atoms with Crippen molar-refractivity contribution < 1.29 is 4.74 Å². The highest BCUT2D eigenvalue weighted by atomic mass is 16.5. The van der Waals surface area contributed by atoms with E-state index in [4.69, 9.17) is 4.74 Å². The fourth-order valence-corrected chi connectivity index (χ4v) is 2.90. The molecule has 2 aromatic carbocycles. The van der Waals surface area contributed by atoms with Gasteiger partial charge >= 0.3 is 0 Å². The van der Waals surface area contributed by atoms with Gasteiger partial charge in [0, 0.05) is 24.6 Å². The van der Waals surface area contributed by atoms with Crippen molar-refractivity contribution in [3.05, 3.63) is 65.2 Å². The third kappa shape index (κ3) is 2.56. The average molecular weight is 267 g/mol. The van der Waals surface area contributed by atoms with Gasteiger partial charge in [-0.1, -0.05) is 42.5 Å². The molecule has 0 aliphatic carbocycles. The van der Waals surface area contributed by atoms with Crippen molar-refractivity contribution in [3.8, 4) is 5.75 Å². The van der Waals surface area contributed by atoms with Crippen LogP contribution in [0.3, 0.4) is 0 Å². The van der Waals surface area contributed by atoms with Crippen LogP contribution in [0.1, 0.15) is 36.5 Å². The molecule has 1 N–H and O–H groups in total. The van der Waals surface area contributed by atoms with Crippen LogP contribution in [0.2, 0.25) is 0 Å². The molecule has 0 aromatic heterocycles. The molecule has 2 nitrogen and oxygen atoms in total. The maximum atomic E-state index is 5.99.